The predicted molar refractivity (Wildman–Crippen MR) is 249 cm³/mol. The van der Waals surface area contributed by atoms with E-state index in [1.165, 1.54) is 90.5 Å². The van der Waals surface area contributed by atoms with Gasteiger partial charge in [0.25, 0.3) is 0 Å². The van der Waals surface area contributed by atoms with Crippen LogP contribution in [0.5, 0.6) is 0 Å². The normalized spacial score (nSPS) is 11.5. The molecule has 9 aromatic carbocycles. The fourth-order valence-corrected chi connectivity index (χ4v) is 10.8. The first kappa shape index (κ1) is 33.5. The molecule has 0 aliphatic rings. The third-order valence-electron chi connectivity index (χ3n) is 11.1. The van der Waals surface area contributed by atoms with Crippen LogP contribution in [0.15, 0.2) is 212 Å². The Morgan fingerprint density at radius 2 is 0.789 bits per heavy atom. The van der Waals surface area contributed by atoms with Crippen LogP contribution in [0.4, 0.5) is 17.1 Å². The van der Waals surface area contributed by atoms with E-state index in [0.29, 0.717) is 0 Å². The Morgan fingerprint density at radius 1 is 0.298 bits per heavy atom. The van der Waals surface area contributed by atoms with Crippen molar-refractivity contribution in [3.63, 3.8) is 0 Å². The van der Waals surface area contributed by atoms with Gasteiger partial charge in [0.2, 0.25) is 0 Å². The summed E-state index contributed by atoms with van der Waals surface area (Å²) in [4.78, 5) is 2.44. The first-order valence-corrected chi connectivity index (χ1v) is 21.0. The molecule has 0 bridgehead atoms. The number of hydrogen-bond acceptors (Lipinski definition) is 3. The smallest absolute Gasteiger partial charge is 0.0640 e. The number of fused-ring (bicyclic) bond motifs is 6. The molecular weight excluding hydrogens is 727 g/mol. The van der Waals surface area contributed by atoms with E-state index in [1.54, 1.807) is 0 Å². The van der Waals surface area contributed by atoms with Crippen LogP contribution in [0.2, 0.25) is 0 Å². The quantitative estimate of drug-likeness (QED) is 0.156. The van der Waals surface area contributed by atoms with Gasteiger partial charge in [-0.3, -0.25) is 0 Å². The molecule has 268 valence electrons. The molecule has 2 heterocycles. The summed E-state index contributed by atoms with van der Waals surface area (Å²) in [6, 6.07) is 77.5. The molecule has 0 saturated heterocycles. The number of thiophene rings is 2. The van der Waals surface area contributed by atoms with E-state index < -0.39 is 0 Å². The number of nitrogens with zero attached hydrogens (tertiary/aromatic N) is 1. The van der Waals surface area contributed by atoms with Gasteiger partial charge < -0.3 is 4.90 Å². The molecule has 11 rings (SSSR count). The van der Waals surface area contributed by atoms with Crippen LogP contribution in [0.3, 0.4) is 0 Å². The summed E-state index contributed by atoms with van der Waals surface area (Å²) in [6.07, 6.45) is 0. The number of hydrogen-bond donors (Lipinski definition) is 0. The first-order valence-electron chi connectivity index (χ1n) is 19.3. The molecule has 0 unspecified atom stereocenters. The van der Waals surface area contributed by atoms with E-state index in [-0.39, 0.29) is 0 Å². The molecule has 11 aromatic rings. The highest BCUT2D eigenvalue weighted by Crippen LogP contribution is 2.48. The zero-order chi connectivity index (χ0) is 37.7. The Hall–Kier alpha value is -6.78. The summed E-state index contributed by atoms with van der Waals surface area (Å²) < 4.78 is 5.23. The molecule has 0 saturated carbocycles. The Balaban J connectivity index is 1.06. The van der Waals surface area contributed by atoms with Gasteiger partial charge in [0.1, 0.15) is 0 Å². The molecule has 0 aliphatic carbocycles. The van der Waals surface area contributed by atoms with Gasteiger partial charge in [-0.05, 0) is 93.0 Å². The van der Waals surface area contributed by atoms with E-state index in [0.717, 1.165) is 11.4 Å². The van der Waals surface area contributed by atoms with Crippen molar-refractivity contribution < 1.29 is 0 Å². The second kappa shape index (κ2) is 14.1. The van der Waals surface area contributed by atoms with Crippen LogP contribution in [-0.4, -0.2) is 0 Å². The highest BCUT2D eigenvalue weighted by molar-refractivity contribution is 7.27. The van der Waals surface area contributed by atoms with Gasteiger partial charge in [-0.25, -0.2) is 0 Å². The second-order valence-electron chi connectivity index (χ2n) is 14.5. The minimum atomic E-state index is 1.12. The average molecular weight is 762 g/mol. The number of benzene rings is 9. The van der Waals surface area contributed by atoms with Gasteiger partial charge in [-0.2, -0.15) is 0 Å². The lowest BCUT2D eigenvalue weighted by Gasteiger charge is -2.26. The molecule has 0 spiro atoms. The number of anilines is 3. The molecule has 3 heteroatoms. The topological polar surface area (TPSA) is 3.24 Å². The maximum Gasteiger partial charge on any atom is 0.0640 e. The summed E-state index contributed by atoms with van der Waals surface area (Å²) in [5.41, 5.74) is 13.2. The van der Waals surface area contributed by atoms with Crippen molar-refractivity contribution in [3.8, 4) is 44.5 Å². The lowest BCUT2D eigenvalue weighted by Crippen LogP contribution is -2.10. The fourth-order valence-electron chi connectivity index (χ4n) is 8.37. The van der Waals surface area contributed by atoms with Crippen LogP contribution in [0.25, 0.3) is 84.9 Å². The lowest BCUT2D eigenvalue weighted by atomic mass is 9.98. The van der Waals surface area contributed by atoms with Gasteiger partial charge in [0.15, 0.2) is 0 Å². The van der Waals surface area contributed by atoms with Gasteiger partial charge in [0, 0.05) is 47.0 Å². The molecule has 2 aromatic heterocycles. The second-order valence-corrected chi connectivity index (χ2v) is 16.6. The van der Waals surface area contributed by atoms with Gasteiger partial charge in [-0.15, -0.1) is 22.7 Å². The van der Waals surface area contributed by atoms with Crippen LogP contribution in [-0.2, 0) is 0 Å². The SMILES string of the molecule is c1ccc(-c2cccc(-c3ccc(N(c4ccc(-c5cccc6sc7ccccc7c56)cc4)c4cccc5c4sc4c(-c6ccccc6)cccc45)cc3)c2)cc1. The molecule has 0 radical (unpaired) electrons. The highest BCUT2D eigenvalue weighted by atomic mass is 32.1. The average Bonchev–Trinajstić information content (AvgIpc) is 3.87. The zero-order valence-electron chi connectivity index (χ0n) is 31.0. The fraction of sp³-hybridized carbons (Fsp3) is 0. The van der Waals surface area contributed by atoms with Crippen molar-refractivity contribution in [1.82, 2.24) is 0 Å². The molecule has 0 N–H and O–H groups in total. The summed E-state index contributed by atoms with van der Waals surface area (Å²) in [5, 5.41) is 5.22. The van der Waals surface area contributed by atoms with Crippen molar-refractivity contribution in [3.05, 3.63) is 212 Å². The zero-order valence-corrected chi connectivity index (χ0v) is 32.6. The van der Waals surface area contributed by atoms with E-state index >= 15 is 0 Å². The summed E-state index contributed by atoms with van der Waals surface area (Å²) in [6.45, 7) is 0. The van der Waals surface area contributed by atoms with E-state index in [4.69, 9.17) is 0 Å². The third kappa shape index (κ3) is 5.91. The minimum Gasteiger partial charge on any atom is -0.309 e. The Kier molecular flexibility index (Phi) is 8.28. The van der Waals surface area contributed by atoms with Gasteiger partial charge >= 0.3 is 0 Å². The molecule has 0 amide bonds. The molecule has 0 atom stereocenters. The Morgan fingerprint density at radius 3 is 1.53 bits per heavy atom. The van der Waals surface area contributed by atoms with Gasteiger partial charge in [-0.1, -0.05) is 164 Å². The molecule has 0 fully saturated rings. The van der Waals surface area contributed by atoms with E-state index in [2.05, 4.69) is 217 Å². The van der Waals surface area contributed by atoms with E-state index in [1.807, 2.05) is 22.7 Å². The monoisotopic (exact) mass is 761 g/mol. The highest BCUT2D eigenvalue weighted by Gasteiger charge is 2.20. The maximum absolute atomic E-state index is 2.44. The van der Waals surface area contributed by atoms with Crippen LogP contribution >= 0.6 is 22.7 Å². The van der Waals surface area contributed by atoms with Crippen molar-refractivity contribution in [2.75, 3.05) is 4.90 Å². The first-order chi connectivity index (χ1) is 28.3. The largest absolute Gasteiger partial charge is 0.309 e. The van der Waals surface area contributed by atoms with Crippen LogP contribution < -0.4 is 4.90 Å². The van der Waals surface area contributed by atoms with Crippen LogP contribution in [0.1, 0.15) is 0 Å². The lowest BCUT2D eigenvalue weighted by molar-refractivity contribution is 1.30. The van der Waals surface area contributed by atoms with Gasteiger partial charge in [0.05, 0.1) is 10.4 Å². The minimum absolute atomic E-state index is 1.12. The summed E-state index contributed by atoms with van der Waals surface area (Å²) >= 11 is 3.76. The standard InChI is InChI=1S/C54H35NS2/c1-3-13-36(14-4-1)40-17-9-18-41(35-40)37-27-31-42(32-28-37)55(43-33-29-39(30-34-43)44-20-12-26-51-52(44)48-19-7-8-25-50(48)56-51)49-24-11-23-47-46-22-10-21-45(53(46)57-54(47)49)38-15-5-2-6-16-38/h1-35H. The third-order valence-corrected chi connectivity index (χ3v) is 13.5. The molecule has 1 nitrogen and oxygen atoms in total. The Labute approximate surface area is 340 Å². The van der Waals surface area contributed by atoms with Crippen molar-refractivity contribution in [2.45, 2.75) is 0 Å². The summed E-state index contributed by atoms with van der Waals surface area (Å²) in [5.74, 6) is 0. The predicted octanol–water partition coefficient (Wildman–Crippen LogP) is 16.6. The molecule has 57 heavy (non-hydrogen) atoms. The molecular formula is C54H35NS2. The molecule has 0 aliphatic heterocycles. The number of rotatable bonds is 7. The van der Waals surface area contributed by atoms with Crippen molar-refractivity contribution in [2.24, 2.45) is 0 Å². The van der Waals surface area contributed by atoms with Crippen molar-refractivity contribution >= 4 is 80.1 Å². The summed E-state index contributed by atoms with van der Waals surface area (Å²) in [7, 11) is 0. The maximum atomic E-state index is 2.44. The van der Waals surface area contributed by atoms with E-state index in [9.17, 15) is 0 Å². The Bertz CT molecular complexity index is 3210. The van der Waals surface area contributed by atoms with Crippen LogP contribution in [0, 0.1) is 0 Å². The van der Waals surface area contributed by atoms with Crippen molar-refractivity contribution in [1.29, 1.82) is 0 Å².